The van der Waals surface area contributed by atoms with Crippen LogP contribution in [0.3, 0.4) is 0 Å². The zero-order chi connectivity index (χ0) is 15.2. The fraction of sp³-hybridized carbons (Fsp3) is 0.333. The molecule has 0 amide bonds. The number of nitrogens with one attached hydrogen (secondary N) is 1. The van der Waals surface area contributed by atoms with Crippen LogP contribution in [0, 0.1) is 5.82 Å². The molecule has 0 aliphatic rings. The summed E-state index contributed by atoms with van der Waals surface area (Å²) < 4.78 is 22.8. The Morgan fingerprint density at radius 2 is 2.14 bits per heavy atom. The van der Waals surface area contributed by atoms with Crippen molar-refractivity contribution in [2.45, 2.75) is 26.3 Å². The summed E-state index contributed by atoms with van der Waals surface area (Å²) in [7, 11) is 0. The monoisotopic (exact) mass is 292 g/mol. The predicted molar refractivity (Wildman–Crippen MR) is 75.6 cm³/mol. The molecule has 5 nitrogen and oxygen atoms in total. The second kappa shape index (κ2) is 6.88. The van der Waals surface area contributed by atoms with E-state index >= 15 is 0 Å². The third kappa shape index (κ3) is 4.30. The quantitative estimate of drug-likeness (QED) is 0.829. The molecule has 1 aromatic carbocycles. The van der Waals surface area contributed by atoms with Crippen LogP contribution < -0.4 is 5.32 Å². The Morgan fingerprint density at radius 1 is 1.43 bits per heavy atom. The molecule has 1 aromatic heterocycles. The number of oxazole rings is 1. The zero-order valence-electron chi connectivity index (χ0n) is 11.9. The Kier molecular flexibility index (Phi) is 4.92. The molecule has 0 bridgehead atoms. The molecule has 112 valence electrons. The predicted octanol–water partition coefficient (Wildman–Crippen LogP) is 3.03. The van der Waals surface area contributed by atoms with Crippen LogP contribution in [0.15, 0.2) is 34.9 Å². The number of carbonyl (C=O) groups excluding carboxylic acids is 1. The Bertz CT molecular complexity index is 595. The van der Waals surface area contributed by atoms with Crippen LogP contribution in [0.4, 0.5) is 10.4 Å². The van der Waals surface area contributed by atoms with E-state index in [1.165, 1.54) is 18.4 Å². The molecule has 6 heteroatoms. The summed E-state index contributed by atoms with van der Waals surface area (Å²) in [6, 6.07) is 6.58. The van der Waals surface area contributed by atoms with Gasteiger partial charge in [-0.1, -0.05) is 12.1 Å². The summed E-state index contributed by atoms with van der Waals surface area (Å²) >= 11 is 0. The van der Waals surface area contributed by atoms with Crippen LogP contribution >= 0.6 is 0 Å². The number of anilines is 1. The Balaban J connectivity index is 1.92. The highest BCUT2D eigenvalue weighted by Gasteiger charge is 2.14. The summed E-state index contributed by atoms with van der Waals surface area (Å²) in [5, 5.41) is 3.04. The number of rotatable bonds is 6. The molecular weight excluding hydrogens is 275 g/mol. The number of aromatic nitrogens is 1. The van der Waals surface area contributed by atoms with Gasteiger partial charge in [-0.2, -0.15) is 4.98 Å². The molecule has 1 unspecified atom stereocenters. The highest BCUT2D eigenvalue weighted by Crippen LogP contribution is 2.12. The molecule has 0 fully saturated rings. The average Bonchev–Trinajstić information content (AvgIpc) is 2.90. The first-order valence-corrected chi connectivity index (χ1v) is 6.72. The van der Waals surface area contributed by atoms with Crippen LogP contribution in [0.25, 0.3) is 0 Å². The highest BCUT2D eigenvalue weighted by molar-refractivity contribution is 5.87. The van der Waals surface area contributed by atoms with Gasteiger partial charge in [0.15, 0.2) is 5.69 Å². The third-order valence-corrected chi connectivity index (χ3v) is 2.81. The van der Waals surface area contributed by atoms with E-state index in [1.807, 2.05) is 6.92 Å². The minimum Gasteiger partial charge on any atom is -0.461 e. The molecule has 2 rings (SSSR count). The number of hydrogen-bond acceptors (Lipinski definition) is 5. The Morgan fingerprint density at radius 3 is 2.81 bits per heavy atom. The van der Waals surface area contributed by atoms with Gasteiger partial charge in [0.1, 0.15) is 12.1 Å². The van der Waals surface area contributed by atoms with E-state index in [9.17, 15) is 9.18 Å². The average molecular weight is 292 g/mol. The summed E-state index contributed by atoms with van der Waals surface area (Å²) in [4.78, 5) is 15.5. The Labute approximate surface area is 122 Å². The maximum atomic E-state index is 12.8. The second-order valence-corrected chi connectivity index (χ2v) is 4.63. The van der Waals surface area contributed by atoms with E-state index < -0.39 is 5.97 Å². The minimum absolute atomic E-state index is 0.0177. The van der Waals surface area contributed by atoms with E-state index in [1.54, 1.807) is 19.1 Å². The topological polar surface area (TPSA) is 64.4 Å². The van der Waals surface area contributed by atoms with Crippen LogP contribution in [-0.2, 0) is 11.2 Å². The van der Waals surface area contributed by atoms with Gasteiger partial charge in [0.25, 0.3) is 6.01 Å². The van der Waals surface area contributed by atoms with E-state index in [2.05, 4.69) is 10.3 Å². The minimum atomic E-state index is -0.513. The molecule has 0 radical (unpaired) electrons. The number of nitrogens with zero attached hydrogens (tertiary/aromatic N) is 1. The summed E-state index contributed by atoms with van der Waals surface area (Å²) in [5.74, 6) is -0.772. The number of carbonyl (C=O) groups is 1. The maximum absolute atomic E-state index is 12.8. The van der Waals surface area contributed by atoms with Gasteiger partial charge < -0.3 is 14.5 Å². The van der Waals surface area contributed by atoms with Crippen molar-refractivity contribution in [1.82, 2.24) is 4.98 Å². The highest BCUT2D eigenvalue weighted by atomic mass is 19.1. The molecule has 0 aliphatic heterocycles. The molecule has 0 aliphatic carbocycles. The third-order valence-electron chi connectivity index (χ3n) is 2.81. The van der Waals surface area contributed by atoms with E-state index in [0.717, 1.165) is 5.56 Å². The fourth-order valence-electron chi connectivity index (χ4n) is 1.87. The molecule has 1 atom stereocenters. The van der Waals surface area contributed by atoms with Crippen LogP contribution in [0.1, 0.15) is 29.9 Å². The first-order valence-electron chi connectivity index (χ1n) is 6.72. The van der Waals surface area contributed by atoms with Crippen molar-refractivity contribution in [3.05, 3.63) is 47.6 Å². The van der Waals surface area contributed by atoms with Gasteiger partial charge in [0.2, 0.25) is 0 Å². The lowest BCUT2D eigenvalue weighted by Gasteiger charge is -2.11. The number of benzene rings is 1. The molecule has 21 heavy (non-hydrogen) atoms. The fourth-order valence-corrected chi connectivity index (χ4v) is 1.87. The largest absolute Gasteiger partial charge is 0.461 e. The van der Waals surface area contributed by atoms with Crippen molar-refractivity contribution in [2.75, 3.05) is 11.9 Å². The van der Waals surface area contributed by atoms with Gasteiger partial charge in [0, 0.05) is 6.04 Å². The van der Waals surface area contributed by atoms with Gasteiger partial charge in [-0.15, -0.1) is 0 Å². The van der Waals surface area contributed by atoms with Gasteiger partial charge in [-0.25, -0.2) is 9.18 Å². The van der Waals surface area contributed by atoms with Crippen molar-refractivity contribution in [3.63, 3.8) is 0 Å². The van der Waals surface area contributed by atoms with Gasteiger partial charge in [-0.3, -0.25) is 0 Å². The number of esters is 1. The summed E-state index contributed by atoms with van der Waals surface area (Å²) in [5.41, 5.74) is 1.13. The summed E-state index contributed by atoms with van der Waals surface area (Å²) in [6.07, 6.45) is 1.93. The number of ether oxygens (including phenoxy) is 1. The summed E-state index contributed by atoms with van der Waals surface area (Å²) in [6.45, 7) is 3.95. The van der Waals surface area contributed by atoms with E-state index in [0.29, 0.717) is 6.42 Å². The molecular formula is C15H17FN2O3. The normalized spacial score (nSPS) is 12.0. The van der Waals surface area contributed by atoms with Crippen molar-refractivity contribution in [3.8, 4) is 0 Å². The molecule has 1 heterocycles. The maximum Gasteiger partial charge on any atom is 0.360 e. The van der Waals surface area contributed by atoms with Gasteiger partial charge in [-0.05, 0) is 38.0 Å². The first-order chi connectivity index (χ1) is 10.1. The van der Waals surface area contributed by atoms with Crippen molar-refractivity contribution in [2.24, 2.45) is 0 Å². The smallest absolute Gasteiger partial charge is 0.360 e. The van der Waals surface area contributed by atoms with Crippen molar-refractivity contribution >= 4 is 12.0 Å². The SMILES string of the molecule is CCOC(=O)c1coc(NC(C)Cc2ccc(F)cc2)n1. The lowest BCUT2D eigenvalue weighted by atomic mass is 10.1. The molecule has 0 saturated heterocycles. The lowest BCUT2D eigenvalue weighted by Crippen LogP contribution is -2.18. The zero-order valence-corrected chi connectivity index (χ0v) is 11.9. The van der Waals surface area contributed by atoms with E-state index in [-0.39, 0.29) is 30.2 Å². The van der Waals surface area contributed by atoms with Crippen LogP contribution in [0.2, 0.25) is 0 Å². The van der Waals surface area contributed by atoms with Gasteiger partial charge in [0.05, 0.1) is 6.61 Å². The molecule has 0 saturated carbocycles. The number of halogens is 1. The van der Waals surface area contributed by atoms with E-state index in [4.69, 9.17) is 9.15 Å². The van der Waals surface area contributed by atoms with Crippen molar-refractivity contribution in [1.29, 1.82) is 0 Å². The van der Waals surface area contributed by atoms with Crippen molar-refractivity contribution < 1.29 is 18.3 Å². The Hall–Kier alpha value is -2.37. The molecule has 2 aromatic rings. The van der Waals surface area contributed by atoms with Crippen LogP contribution in [-0.4, -0.2) is 23.6 Å². The lowest BCUT2D eigenvalue weighted by molar-refractivity contribution is 0.0519. The van der Waals surface area contributed by atoms with Crippen LogP contribution in [0.5, 0.6) is 0 Å². The molecule has 1 N–H and O–H groups in total. The number of hydrogen-bond donors (Lipinski definition) is 1. The molecule has 0 spiro atoms. The second-order valence-electron chi connectivity index (χ2n) is 4.63. The standard InChI is InChI=1S/C15H17FN2O3/c1-3-20-14(19)13-9-21-15(18-13)17-10(2)8-11-4-6-12(16)7-5-11/h4-7,9-10H,3,8H2,1-2H3,(H,17,18). The van der Waals surface area contributed by atoms with Gasteiger partial charge >= 0.3 is 5.97 Å². The first kappa shape index (κ1) is 15.0.